The molecule has 0 unspecified atom stereocenters. The first-order valence-electron chi connectivity index (χ1n) is 5.71. The molecule has 0 atom stereocenters. The first kappa shape index (κ1) is 13.0. The van der Waals surface area contributed by atoms with E-state index < -0.39 is 0 Å². The molecule has 0 aliphatic carbocycles. The van der Waals surface area contributed by atoms with Gasteiger partial charge in [0.1, 0.15) is 5.75 Å². The quantitative estimate of drug-likeness (QED) is 0.788. The van der Waals surface area contributed by atoms with E-state index in [-0.39, 0.29) is 5.78 Å². The third kappa shape index (κ3) is 2.70. The molecule has 5 heteroatoms. The summed E-state index contributed by atoms with van der Waals surface area (Å²) in [7, 11) is 3.05. The molecule has 1 aromatic carbocycles. The molecule has 0 aliphatic rings. The van der Waals surface area contributed by atoms with Gasteiger partial charge in [-0.2, -0.15) is 0 Å². The normalized spacial score (nSPS) is 10.1. The van der Waals surface area contributed by atoms with Crippen LogP contribution in [0.2, 0.25) is 0 Å². The van der Waals surface area contributed by atoms with Gasteiger partial charge in [0, 0.05) is 18.0 Å². The summed E-state index contributed by atoms with van der Waals surface area (Å²) in [6.45, 7) is 1.51. The van der Waals surface area contributed by atoms with Crippen LogP contribution < -0.4 is 9.47 Å². The second-order valence-electron chi connectivity index (χ2n) is 3.93. The summed E-state index contributed by atoms with van der Waals surface area (Å²) >= 11 is 0. The van der Waals surface area contributed by atoms with E-state index in [1.165, 1.54) is 21.1 Å². The number of methoxy groups -OCH3 is 2. The molecule has 0 radical (unpaired) electrons. The van der Waals surface area contributed by atoms with Crippen molar-refractivity contribution in [1.82, 2.24) is 9.97 Å². The van der Waals surface area contributed by atoms with E-state index in [4.69, 9.17) is 9.47 Å². The Bertz CT molecular complexity index is 594. The fourth-order valence-corrected chi connectivity index (χ4v) is 1.73. The van der Waals surface area contributed by atoms with Crippen LogP contribution in [0.25, 0.3) is 11.1 Å². The maximum absolute atomic E-state index is 11.6. The molecule has 1 heterocycles. The van der Waals surface area contributed by atoms with Crippen LogP contribution in [0.1, 0.15) is 17.3 Å². The van der Waals surface area contributed by atoms with Crippen molar-refractivity contribution in [2.24, 2.45) is 0 Å². The monoisotopic (exact) mass is 258 g/mol. The predicted molar refractivity (Wildman–Crippen MR) is 70.6 cm³/mol. The Labute approximate surface area is 111 Å². The number of carbonyl (C=O) groups is 1. The van der Waals surface area contributed by atoms with Gasteiger partial charge in [0.05, 0.1) is 19.8 Å². The van der Waals surface area contributed by atoms with Crippen LogP contribution in [-0.4, -0.2) is 30.0 Å². The maximum Gasteiger partial charge on any atom is 0.316 e. The van der Waals surface area contributed by atoms with Gasteiger partial charge in [-0.25, -0.2) is 9.97 Å². The highest BCUT2D eigenvalue weighted by molar-refractivity contribution is 5.98. The zero-order valence-corrected chi connectivity index (χ0v) is 11.0. The minimum atomic E-state index is -0.0480. The van der Waals surface area contributed by atoms with Crippen LogP contribution in [0.3, 0.4) is 0 Å². The van der Waals surface area contributed by atoms with Gasteiger partial charge >= 0.3 is 6.01 Å². The predicted octanol–water partition coefficient (Wildman–Crippen LogP) is 2.36. The number of nitrogens with zero attached hydrogens (tertiary/aromatic N) is 2. The Balaban J connectivity index is 2.44. The highest BCUT2D eigenvalue weighted by atomic mass is 16.5. The second kappa shape index (κ2) is 5.48. The number of rotatable bonds is 4. The molecule has 2 rings (SSSR count). The molecular weight excluding hydrogens is 244 g/mol. The lowest BCUT2D eigenvalue weighted by Gasteiger charge is -2.08. The van der Waals surface area contributed by atoms with Gasteiger partial charge in [-0.1, -0.05) is 6.07 Å². The van der Waals surface area contributed by atoms with Gasteiger partial charge < -0.3 is 9.47 Å². The van der Waals surface area contributed by atoms with Crippen molar-refractivity contribution < 1.29 is 14.3 Å². The van der Waals surface area contributed by atoms with Crippen molar-refractivity contribution in [3.63, 3.8) is 0 Å². The fraction of sp³-hybridized carbons (Fsp3) is 0.214. The van der Waals surface area contributed by atoms with E-state index in [0.29, 0.717) is 17.3 Å². The third-order valence-corrected chi connectivity index (χ3v) is 2.72. The van der Waals surface area contributed by atoms with Crippen LogP contribution in [-0.2, 0) is 0 Å². The highest BCUT2D eigenvalue weighted by Gasteiger charge is 2.10. The lowest BCUT2D eigenvalue weighted by molar-refractivity contribution is 0.101. The lowest BCUT2D eigenvalue weighted by Crippen LogP contribution is -1.98. The topological polar surface area (TPSA) is 61.3 Å². The van der Waals surface area contributed by atoms with Crippen LogP contribution >= 0.6 is 0 Å². The molecule has 0 fully saturated rings. The number of hydrogen-bond donors (Lipinski definition) is 0. The smallest absolute Gasteiger partial charge is 0.316 e. The summed E-state index contributed by atoms with van der Waals surface area (Å²) in [5.41, 5.74) is 2.20. The molecule has 0 aliphatic heterocycles. The largest absolute Gasteiger partial charge is 0.496 e. The summed E-state index contributed by atoms with van der Waals surface area (Å²) in [6.07, 6.45) is 3.30. The van der Waals surface area contributed by atoms with Gasteiger partial charge in [0.25, 0.3) is 0 Å². The van der Waals surface area contributed by atoms with Crippen LogP contribution in [0, 0.1) is 0 Å². The SMILES string of the molecule is COc1ncc(-c2ccc(OC)c(C(C)=O)c2)cn1. The van der Waals surface area contributed by atoms with E-state index >= 15 is 0 Å². The number of aromatic nitrogens is 2. The van der Waals surface area contributed by atoms with Crippen molar-refractivity contribution >= 4 is 5.78 Å². The van der Waals surface area contributed by atoms with Crippen molar-refractivity contribution in [2.45, 2.75) is 6.92 Å². The van der Waals surface area contributed by atoms with Gasteiger partial charge in [-0.15, -0.1) is 0 Å². The molecule has 0 bridgehead atoms. The Morgan fingerprint density at radius 3 is 2.26 bits per heavy atom. The van der Waals surface area contributed by atoms with E-state index in [0.717, 1.165) is 11.1 Å². The number of benzene rings is 1. The number of hydrogen-bond acceptors (Lipinski definition) is 5. The zero-order chi connectivity index (χ0) is 13.8. The molecule has 0 saturated carbocycles. The molecular formula is C14H14N2O3. The summed E-state index contributed by atoms with van der Waals surface area (Å²) in [6, 6.07) is 5.70. The highest BCUT2D eigenvalue weighted by Crippen LogP contribution is 2.26. The molecule has 19 heavy (non-hydrogen) atoms. The van der Waals surface area contributed by atoms with Crippen molar-refractivity contribution in [1.29, 1.82) is 0 Å². The van der Waals surface area contributed by atoms with E-state index in [2.05, 4.69) is 9.97 Å². The summed E-state index contributed by atoms with van der Waals surface area (Å²) < 4.78 is 10.1. The van der Waals surface area contributed by atoms with Gasteiger partial charge in [0.15, 0.2) is 5.78 Å². The van der Waals surface area contributed by atoms with Crippen LogP contribution in [0.4, 0.5) is 0 Å². The fourth-order valence-electron chi connectivity index (χ4n) is 1.73. The van der Waals surface area contributed by atoms with Gasteiger partial charge in [0.2, 0.25) is 0 Å². The molecule has 1 aromatic heterocycles. The van der Waals surface area contributed by atoms with Crippen molar-refractivity contribution in [3.05, 3.63) is 36.2 Å². The minimum absolute atomic E-state index is 0.0480. The molecule has 0 N–H and O–H groups in total. The molecule has 2 aromatic rings. The molecule has 5 nitrogen and oxygen atoms in total. The van der Waals surface area contributed by atoms with Crippen LogP contribution in [0.15, 0.2) is 30.6 Å². The molecule has 98 valence electrons. The van der Waals surface area contributed by atoms with Gasteiger partial charge in [-0.3, -0.25) is 4.79 Å². The molecule has 0 spiro atoms. The number of Topliss-reactive ketones (excluding diaryl/α,β-unsaturated/α-hetero) is 1. The zero-order valence-electron chi connectivity index (χ0n) is 11.0. The Hall–Kier alpha value is -2.43. The second-order valence-corrected chi connectivity index (χ2v) is 3.93. The third-order valence-electron chi connectivity index (χ3n) is 2.72. The Morgan fingerprint density at radius 1 is 1.05 bits per heavy atom. The Kier molecular flexibility index (Phi) is 3.75. The van der Waals surface area contributed by atoms with E-state index in [1.54, 1.807) is 24.5 Å². The average molecular weight is 258 g/mol. The summed E-state index contributed by atoms with van der Waals surface area (Å²) in [5.74, 6) is 0.513. The van der Waals surface area contributed by atoms with Gasteiger partial charge in [-0.05, 0) is 24.6 Å². The number of ketones is 1. The first-order chi connectivity index (χ1) is 9.15. The minimum Gasteiger partial charge on any atom is -0.496 e. The van der Waals surface area contributed by atoms with Crippen LogP contribution in [0.5, 0.6) is 11.8 Å². The van der Waals surface area contributed by atoms with E-state index in [1.807, 2.05) is 6.07 Å². The summed E-state index contributed by atoms with van der Waals surface area (Å²) in [4.78, 5) is 19.7. The first-order valence-corrected chi connectivity index (χ1v) is 5.71. The van der Waals surface area contributed by atoms with Crippen molar-refractivity contribution in [2.75, 3.05) is 14.2 Å². The average Bonchev–Trinajstić information content (AvgIpc) is 2.46. The summed E-state index contributed by atoms with van der Waals surface area (Å²) in [5, 5.41) is 0. The number of carbonyl (C=O) groups excluding carboxylic acids is 1. The standard InChI is InChI=1S/C14H14N2O3/c1-9(17)12-6-10(4-5-13(12)18-2)11-7-15-14(19-3)16-8-11/h4-8H,1-3H3. The number of ether oxygens (including phenoxy) is 2. The van der Waals surface area contributed by atoms with E-state index in [9.17, 15) is 4.79 Å². The molecule has 0 amide bonds. The maximum atomic E-state index is 11.6. The Morgan fingerprint density at radius 2 is 1.74 bits per heavy atom. The molecule has 0 saturated heterocycles. The van der Waals surface area contributed by atoms with Crippen molar-refractivity contribution in [3.8, 4) is 22.9 Å². The lowest BCUT2D eigenvalue weighted by atomic mass is 10.0.